The number of hydrogen-bond acceptors (Lipinski definition) is 5. The second kappa shape index (κ2) is 7.04. The molecule has 24 heavy (non-hydrogen) atoms. The summed E-state index contributed by atoms with van der Waals surface area (Å²) in [5.41, 5.74) is 1.58. The van der Waals surface area contributed by atoms with Gasteiger partial charge in [-0.1, -0.05) is 18.2 Å². The average Bonchev–Trinajstić information content (AvgIpc) is 2.63. The molecule has 1 aromatic carbocycles. The Balaban J connectivity index is 2.00. The van der Waals surface area contributed by atoms with Crippen LogP contribution in [0.25, 0.3) is 10.9 Å². The topological polar surface area (TPSA) is 81.3 Å². The molecule has 1 saturated heterocycles. The molecule has 2 aromatic rings. The number of piperidine rings is 1. The molecule has 0 spiro atoms. The first kappa shape index (κ1) is 16.5. The predicted molar refractivity (Wildman–Crippen MR) is 94.2 cm³/mol. The van der Waals surface area contributed by atoms with E-state index >= 15 is 0 Å². The van der Waals surface area contributed by atoms with Crippen LogP contribution in [0.1, 0.15) is 18.4 Å². The third-order valence-electron chi connectivity index (χ3n) is 4.74. The Morgan fingerprint density at radius 2 is 2.04 bits per heavy atom. The molecule has 3 rings (SSSR count). The van der Waals surface area contributed by atoms with Crippen molar-refractivity contribution in [3.05, 3.63) is 40.2 Å². The van der Waals surface area contributed by atoms with Crippen LogP contribution < -0.4 is 15.8 Å². The van der Waals surface area contributed by atoms with Gasteiger partial charge >= 0.3 is 0 Å². The van der Waals surface area contributed by atoms with Crippen molar-refractivity contribution < 1.29 is 5.11 Å². The number of aliphatic hydroxyl groups is 1. The second-order valence-electron chi connectivity index (χ2n) is 6.16. The molecular formula is C18H22N4O2. The van der Waals surface area contributed by atoms with E-state index in [0.717, 1.165) is 42.5 Å². The number of fused-ring (bicyclic) bond motifs is 1. The Morgan fingerprint density at radius 1 is 1.33 bits per heavy atom. The largest absolute Gasteiger partial charge is 0.395 e. The molecule has 0 radical (unpaired) electrons. The summed E-state index contributed by atoms with van der Waals surface area (Å²) in [4.78, 5) is 14.7. The van der Waals surface area contributed by atoms with E-state index in [-0.39, 0.29) is 17.7 Å². The van der Waals surface area contributed by atoms with E-state index in [0.29, 0.717) is 12.6 Å². The van der Waals surface area contributed by atoms with E-state index < -0.39 is 0 Å². The molecule has 1 fully saturated rings. The molecule has 2 N–H and O–H groups in total. The fraction of sp³-hybridized carbons (Fsp3) is 0.444. The summed E-state index contributed by atoms with van der Waals surface area (Å²) in [5.74, 6) is 0. The zero-order valence-electron chi connectivity index (χ0n) is 13.8. The summed E-state index contributed by atoms with van der Waals surface area (Å²) >= 11 is 0. The lowest BCUT2D eigenvalue weighted by molar-refractivity contribution is 0.277. The van der Waals surface area contributed by atoms with Gasteiger partial charge in [-0.3, -0.25) is 4.79 Å². The van der Waals surface area contributed by atoms with Crippen LogP contribution in [0.4, 0.5) is 5.69 Å². The van der Waals surface area contributed by atoms with E-state index in [2.05, 4.69) is 16.3 Å². The SMILES string of the molecule is Cn1c(=O)c(C#N)c(N2CCC(NCCO)CC2)c2ccccc21. The van der Waals surface area contributed by atoms with Crippen molar-refractivity contribution >= 4 is 16.6 Å². The van der Waals surface area contributed by atoms with Crippen LogP contribution in [-0.2, 0) is 7.05 Å². The third-order valence-corrected chi connectivity index (χ3v) is 4.74. The number of aryl methyl sites for hydroxylation is 1. The smallest absolute Gasteiger partial charge is 0.270 e. The quantitative estimate of drug-likeness (QED) is 0.875. The summed E-state index contributed by atoms with van der Waals surface area (Å²) in [5, 5.41) is 22.7. The Morgan fingerprint density at radius 3 is 2.71 bits per heavy atom. The zero-order valence-corrected chi connectivity index (χ0v) is 13.8. The van der Waals surface area contributed by atoms with Gasteiger partial charge in [0.15, 0.2) is 0 Å². The first-order valence-corrected chi connectivity index (χ1v) is 8.28. The number of nitrogens with one attached hydrogen (secondary N) is 1. The normalized spacial score (nSPS) is 15.6. The number of hydrogen-bond donors (Lipinski definition) is 2. The molecule has 1 aromatic heterocycles. The van der Waals surface area contributed by atoms with Crippen molar-refractivity contribution in [2.75, 3.05) is 31.1 Å². The van der Waals surface area contributed by atoms with Crippen molar-refractivity contribution in [2.45, 2.75) is 18.9 Å². The highest BCUT2D eigenvalue weighted by Gasteiger charge is 2.24. The molecule has 0 atom stereocenters. The minimum absolute atomic E-state index is 0.137. The van der Waals surface area contributed by atoms with E-state index in [4.69, 9.17) is 5.11 Å². The summed E-state index contributed by atoms with van der Waals surface area (Å²) in [6.07, 6.45) is 1.85. The number of rotatable bonds is 4. The number of pyridine rings is 1. The second-order valence-corrected chi connectivity index (χ2v) is 6.16. The lowest BCUT2D eigenvalue weighted by Crippen LogP contribution is -2.44. The number of para-hydroxylation sites is 1. The molecule has 0 bridgehead atoms. The summed E-state index contributed by atoms with van der Waals surface area (Å²) in [6.45, 7) is 2.31. The molecule has 6 nitrogen and oxygen atoms in total. The molecular weight excluding hydrogens is 304 g/mol. The lowest BCUT2D eigenvalue weighted by atomic mass is 10.0. The van der Waals surface area contributed by atoms with Gasteiger partial charge in [0.25, 0.3) is 5.56 Å². The van der Waals surface area contributed by atoms with Gasteiger partial charge in [0, 0.05) is 38.1 Å². The number of aromatic nitrogens is 1. The average molecular weight is 326 g/mol. The maximum atomic E-state index is 12.6. The van der Waals surface area contributed by atoms with Crippen molar-refractivity contribution in [1.82, 2.24) is 9.88 Å². The summed E-state index contributed by atoms with van der Waals surface area (Å²) < 4.78 is 1.55. The molecule has 1 aliphatic heterocycles. The first-order chi connectivity index (χ1) is 11.7. The molecule has 1 aliphatic rings. The monoisotopic (exact) mass is 326 g/mol. The van der Waals surface area contributed by atoms with Crippen LogP contribution >= 0.6 is 0 Å². The van der Waals surface area contributed by atoms with Gasteiger partial charge in [-0.05, 0) is 18.9 Å². The van der Waals surface area contributed by atoms with Crippen LogP contribution in [-0.4, -0.2) is 42.0 Å². The van der Waals surface area contributed by atoms with Crippen molar-refractivity contribution in [1.29, 1.82) is 5.26 Å². The van der Waals surface area contributed by atoms with E-state index in [1.54, 1.807) is 11.6 Å². The standard InChI is InChI=1S/C18H22N4O2/c1-21-16-5-3-2-4-14(16)17(15(12-19)18(21)24)22-9-6-13(7-10-22)20-8-11-23/h2-5,13,20,23H,6-11H2,1H3. The number of aliphatic hydroxyl groups excluding tert-OH is 1. The zero-order chi connectivity index (χ0) is 17.1. The Bertz CT molecular complexity index is 829. The van der Waals surface area contributed by atoms with Gasteiger partial charge in [0.05, 0.1) is 17.8 Å². The van der Waals surface area contributed by atoms with Gasteiger partial charge < -0.3 is 19.9 Å². The fourth-order valence-corrected chi connectivity index (χ4v) is 3.48. The van der Waals surface area contributed by atoms with Gasteiger partial charge in [0.1, 0.15) is 11.6 Å². The van der Waals surface area contributed by atoms with Crippen LogP contribution in [0.2, 0.25) is 0 Å². The van der Waals surface area contributed by atoms with Gasteiger partial charge in [-0.2, -0.15) is 5.26 Å². The van der Waals surface area contributed by atoms with Gasteiger partial charge in [0.2, 0.25) is 0 Å². The van der Waals surface area contributed by atoms with Crippen LogP contribution in [0.15, 0.2) is 29.1 Å². The van der Waals surface area contributed by atoms with Crippen LogP contribution in [0.3, 0.4) is 0 Å². The Labute approximate surface area is 140 Å². The Kier molecular flexibility index (Phi) is 4.84. The minimum atomic E-state index is -0.244. The first-order valence-electron chi connectivity index (χ1n) is 8.28. The Hall–Kier alpha value is -2.36. The number of nitrogens with zero attached hydrogens (tertiary/aromatic N) is 3. The van der Waals surface area contributed by atoms with E-state index in [9.17, 15) is 10.1 Å². The fourth-order valence-electron chi connectivity index (χ4n) is 3.48. The van der Waals surface area contributed by atoms with Crippen LogP contribution in [0.5, 0.6) is 0 Å². The number of anilines is 1. The molecule has 2 heterocycles. The van der Waals surface area contributed by atoms with E-state index in [1.807, 2.05) is 24.3 Å². The highest BCUT2D eigenvalue weighted by molar-refractivity contribution is 5.94. The van der Waals surface area contributed by atoms with Gasteiger partial charge in [-0.25, -0.2) is 0 Å². The molecule has 0 aliphatic carbocycles. The minimum Gasteiger partial charge on any atom is -0.395 e. The summed E-state index contributed by atoms with van der Waals surface area (Å²) in [7, 11) is 1.71. The predicted octanol–water partition coefficient (Wildman–Crippen LogP) is 0.961. The van der Waals surface area contributed by atoms with Crippen molar-refractivity contribution in [2.24, 2.45) is 7.05 Å². The molecule has 6 heteroatoms. The van der Waals surface area contributed by atoms with Gasteiger partial charge in [-0.15, -0.1) is 0 Å². The lowest BCUT2D eigenvalue weighted by Gasteiger charge is -2.35. The molecule has 0 amide bonds. The highest BCUT2D eigenvalue weighted by Crippen LogP contribution is 2.30. The van der Waals surface area contributed by atoms with Crippen molar-refractivity contribution in [3.63, 3.8) is 0 Å². The molecule has 0 unspecified atom stereocenters. The maximum absolute atomic E-state index is 12.6. The maximum Gasteiger partial charge on any atom is 0.270 e. The highest BCUT2D eigenvalue weighted by atomic mass is 16.3. The summed E-state index contributed by atoms with van der Waals surface area (Å²) in [6, 6.07) is 10.2. The van der Waals surface area contributed by atoms with Crippen molar-refractivity contribution in [3.8, 4) is 6.07 Å². The third kappa shape index (κ3) is 2.88. The number of nitriles is 1. The van der Waals surface area contributed by atoms with E-state index in [1.165, 1.54) is 0 Å². The molecule has 126 valence electrons. The molecule has 0 saturated carbocycles. The van der Waals surface area contributed by atoms with Crippen LogP contribution in [0, 0.1) is 11.3 Å². The number of benzene rings is 1.